The van der Waals surface area contributed by atoms with E-state index in [2.05, 4.69) is 0 Å². The van der Waals surface area contributed by atoms with E-state index in [1.807, 2.05) is 36.4 Å². The summed E-state index contributed by atoms with van der Waals surface area (Å²) in [5.41, 5.74) is 1.60. The summed E-state index contributed by atoms with van der Waals surface area (Å²) in [5.74, 6) is 0.422. The molecule has 1 aliphatic rings. The van der Waals surface area contributed by atoms with Crippen molar-refractivity contribution in [2.75, 3.05) is 0 Å². The maximum Gasteiger partial charge on any atom is 0.338 e. The summed E-state index contributed by atoms with van der Waals surface area (Å²) < 4.78 is 5.36. The van der Waals surface area contributed by atoms with Crippen LogP contribution in [0, 0.1) is 0 Å². The molecule has 0 spiro atoms. The Morgan fingerprint density at radius 1 is 1.08 bits per heavy atom. The first-order valence-corrected chi connectivity index (χ1v) is 9.69. The summed E-state index contributed by atoms with van der Waals surface area (Å²) in [6.07, 6.45) is 2.41. The number of carbonyl (C=O) groups excluding carboxylic acids is 2. The third-order valence-electron chi connectivity index (χ3n) is 4.16. The fourth-order valence-electron chi connectivity index (χ4n) is 2.71. The summed E-state index contributed by atoms with van der Waals surface area (Å²) >= 11 is 7.59. The predicted molar refractivity (Wildman–Crippen MR) is 100 cm³/mol. The van der Waals surface area contributed by atoms with Gasteiger partial charge in [-0.25, -0.2) is 4.79 Å². The van der Waals surface area contributed by atoms with Crippen LogP contribution >= 0.6 is 23.4 Å². The quantitative estimate of drug-likeness (QED) is 0.526. The number of hydrogen-bond donors (Lipinski definition) is 0. The molecule has 1 fully saturated rings. The molecule has 2 aromatic carbocycles. The fraction of sp³-hybridized carbons (Fsp3) is 0.300. The minimum absolute atomic E-state index is 0.0376. The Balaban J connectivity index is 1.55. The van der Waals surface area contributed by atoms with Crippen molar-refractivity contribution < 1.29 is 14.3 Å². The molecule has 1 saturated carbocycles. The maximum atomic E-state index is 12.2. The topological polar surface area (TPSA) is 43.4 Å². The lowest BCUT2D eigenvalue weighted by Gasteiger charge is -2.20. The summed E-state index contributed by atoms with van der Waals surface area (Å²) in [6.45, 7) is 0. The standard InChI is InChI=1S/C20H19ClO3S/c21-16-9-11-17(12-10-16)25-13-14-5-7-15(8-6-14)20(23)24-19-4-2-1-3-18(19)22/h5-12,19H,1-4,13H2/t19-/m1/s1. The van der Waals surface area contributed by atoms with Gasteiger partial charge < -0.3 is 4.74 Å². The minimum Gasteiger partial charge on any atom is -0.451 e. The van der Waals surface area contributed by atoms with E-state index in [4.69, 9.17) is 16.3 Å². The third-order valence-corrected chi connectivity index (χ3v) is 5.49. The van der Waals surface area contributed by atoms with Gasteiger partial charge in [-0.2, -0.15) is 0 Å². The predicted octanol–water partition coefficient (Wildman–Crippen LogP) is 5.30. The third kappa shape index (κ3) is 5.10. The van der Waals surface area contributed by atoms with Gasteiger partial charge in [-0.15, -0.1) is 11.8 Å². The largest absolute Gasteiger partial charge is 0.451 e. The number of ketones is 1. The fourth-order valence-corrected chi connectivity index (χ4v) is 3.69. The molecule has 3 nitrogen and oxygen atoms in total. The van der Waals surface area contributed by atoms with Crippen LogP contribution < -0.4 is 0 Å². The Morgan fingerprint density at radius 2 is 1.80 bits per heavy atom. The van der Waals surface area contributed by atoms with Gasteiger partial charge in [0.25, 0.3) is 0 Å². The van der Waals surface area contributed by atoms with Gasteiger partial charge in [-0.3, -0.25) is 4.79 Å². The monoisotopic (exact) mass is 374 g/mol. The Kier molecular flexibility index (Phi) is 6.16. The van der Waals surface area contributed by atoms with Crippen LogP contribution in [0.2, 0.25) is 5.02 Å². The number of Topliss-reactive ketones (excluding diaryl/α,β-unsaturated/α-hetero) is 1. The number of ether oxygens (including phenoxy) is 1. The van der Waals surface area contributed by atoms with Gasteiger partial charge in [0.2, 0.25) is 0 Å². The van der Waals surface area contributed by atoms with E-state index >= 15 is 0 Å². The smallest absolute Gasteiger partial charge is 0.338 e. The van der Waals surface area contributed by atoms with Crippen LogP contribution in [0.15, 0.2) is 53.4 Å². The van der Waals surface area contributed by atoms with Crippen LogP contribution in [0.25, 0.3) is 0 Å². The number of esters is 1. The summed E-state index contributed by atoms with van der Waals surface area (Å²) in [5, 5.41) is 0.726. The van der Waals surface area contributed by atoms with E-state index in [1.54, 1.807) is 23.9 Å². The average molecular weight is 375 g/mol. The molecule has 3 rings (SSSR count). The highest BCUT2D eigenvalue weighted by molar-refractivity contribution is 7.98. The highest BCUT2D eigenvalue weighted by Crippen LogP contribution is 2.25. The lowest BCUT2D eigenvalue weighted by Crippen LogP contribution is -2.30. The van der Waals surface area contributed by atoms with E-state index in [0.717, 1.165) is 34.1 Å². The Morgan fingerprint density at radius 3 is 2.48 bits per heavy atom. The van der Waals surface area contributed by atoms with Crippen molar-refractivity contribution in [2.45, 2.75) is 42.4 Å². The van der Waals surface area contributed by atoms with Crippen LogP contribution in [-0.4, -0.2) is 17.9 Å². The molecule has 5 heteroatoms. The molecule has 25 heavy (non-hydrogen) atoms. The van der Waals surface area contributed by atoms with Crippen molar-refractivity contribution in [1.29, 1.82) is 0 Å². The number of benzene rings is 2. The number of hydrogen-bond acceptors (Lipinski definition) is 4. The lowest BCUT2D eigenvalue weighted by molar-refractivity contribution is -0.129. The highest BCUT2D eigenvalue weighted by atomic mass is 35.5. The molecular formula is C20H19ClO3S. The van der Waals surface area contributed by atoms with Crippen molar-refractivity contribution in [3.8, 4) is 0 Å². The first kappa shape index (κ1) is 18.0. The minimum atomic E-state index is -0.568. The highest BCUT2D eigenvalue weighted by Gasteiger charge is 2.26. The van der Waals surface area contributed by atoms with Gasteiger partial charge in [0.15, 0.2) is 11.9 Å². The maximum absolute atomic E-state index is 12.2. The molecule has 1 atom stereocenters. The van der Waals surface area contributed by atoms with Gasteiger partial charge in [-0.1, -0.05) is 23.7 Å². The van der Waals surface area contributed by atoms with Crippen LogP contribution in [0.3, 0.4) is 0 Å². The first-order valence-electron chi connectivity index (χ1n) is 8.33. The van der Waals surface area contributed by atoms with E-state index in [9.17, 15) is 9.59 Å². The van der Waals surface area contributed by atoms with Crippen molar-refractivity contribution in [3.05, 3.63) is 64.7 Å². The van der Waals surface area contributed by atoms with E-state index in [0.29, 0.717) is 18.4 Å². The molecular weight excluding hydrogens is 356 g/mol. The molecule has 0 N–H and O–H groups in total. The normalized spacial score (nSPS) is 17.3. The van der Waals surface area contributed by atoms with Crippen molar-refractivity contribution in [1.82, 2.24) is 0 Å². The zero-order valence-corrected chi connectivity index (χ0v) is 15.3. The molecule has 0 bridgehead atoms. The zero-order valence-electron chi connectivity index (χ0n) is 13.7. The lowest BCUT2D eigenvalue weighted by atomic mass is 9.96. The molecule has 130 valence electrons. The number of halogens is 1. The average Bonchev–Trinajstić information content (AvgIpc) is 2.63. The van der Waals surface area contributed by atoms with Crippen molar-refractivity contribution >= 4 is 35.1 Å². The molecule has 0 unspecified atom stereocenters. The number of rotatable bonds is 5. The molecule has 0 radical (unpaired) electrons. The van der Waals surface area contributed by atoms with Gasteiger partial charge in [-0.05, 0) is 61.2 Å². The van der Waals surface area contributed by atoms with E-state index in [-0.39, 0.29) is 5.78 Å². The van der Waals surface area contributed by atoms with Gasteiger partial charge in [0.1, 0.15) is 0 Å². The van der Waals surface area contributed by atoms with Crippen LogP contribution in [0.5, 0.6) is 0 Å². The van der Waals surface area contributed by atoms with Crippen molar-refractivity contribution in [3.63, 3.8) is 0 Å². The van der Waals surface area contributed by atoms with E-state index in [1.165, 1.54) is 0 Å². The van der Waals surface area contributed by atoms with Crippen LogP contribution in [0.4, 0.5) is 0 Å². The number of thioether (sulfide) groups is 1. The van der Waals surface area contributed by atoms with Gasteiger partial charge in [0.05, 0.1) is 5.56 Å². The zero-order chi connectivity index (χ0) is 17.6. The molecule has 0 aromatic heterocycles. The molecule has 0 saturated heterocycles. The summed E-state index contributed by atoms with van der Waals surface area (Å²) in [7, 11) is 0. The molecule has 2 aromatic rings. The first-order chi connectivity index (χ1) is 12.1. The molecule has 1 aliphatic carbocycles. The Bertz CT molecular complexity index is 741. The second-order valence-corrected chi connectivity index (χ2v) is 7.53. The SMILES string of the molecule is O=C(O[C@@H]1CCCCC1=O)c1ccc(CSc2ccc(Cl)cc2)cc1. The Labute approximate surface area is 156 Å². The second-order valence-electron chi connectivity index (χ2n) is 6.05. The van der Waals surface area contributed by atoms with Crippen LogP contribution in [-0.2, 0) is 15.3 Å². The van der Waals surface area contributed by atoms with Gasteiger partial charge >= 0.3 is 5.97 Å². The van der Waals surface area contributed by atoms with Crippen molar-refractivity contribution in [2.24, 2.45) is 0 Å². The Hall–Kier alpha value is -1.78. The number of carbonyl (C=O) groups is 2. The van der Waals surface area contributed by atoms with Gasteiger partial charge in [0, 0.05) is 22.1 Å². The summed E-state index contributed by atoms with van der Waals surface area (Å²) in [6, 6.07) is 15.1. The second kappa shape index (κ2) is 8.54. The molecule has 0 aliphatic heterocycles. The summed E-state index contributed by atoms with van der Waals surface area (Å²) in [4.78, 5) is 25.1. The molecule has 0 heterocycles. The van der Waals surface area contributed by atoms with Crippen LogP contribution in [0.1, 0.15) is 41.6 Å². The molecule has 0 amide bonds. The van der Waals surface area contributed by atoms with E-state index < -0.39 is 12.1 Å².